The lowest BCUT2D eigenvalue weighted by Gasteiger charge is -2.11. The molecular formula is C14H9ClF4. The van der Waals surface area contributed by atoms with E-state index >= 15 is 0 Å². The lowest BCUT2D eigenvalue weighted by molar-refractivity contribution is -0.137. The van der Waals surface area contributed by atoms with Gasteiger partial charge in [-0.2, -0.15) is 13.2 Å². The number of hydrogen-bond donors (Lipinski definition) is 0. The topological polar surface area (TPSA) is 0 Å². The first-order chi connectivity index (χ1) is 8.91. The van der Waals surface area contributed by atoms with Crippen LogP contribution in [0, 0.1) is 5.82 Å². The second-order valence-electron chi connectivity index (χ2n) is 4.01. The third kappa shape index (κ3) is 3.07. The second kappa shape index (κ2) is 5.21. The van der Waals surface area contributed by atoms with Gasteiger partial charge in [-0.15, -0.1) is 11.6 Å². The van der Waals surface area contributed by atoms with Gasteiger partial charge >= 0.3 is 6.18 Å². The van der Waals surface area contributed by atoms with Gasteiger partial charge in [-0.1, -0.05) is 18.2 Å². The lowest BCUT2D eigenvalue weighted by Crippen LogP contribution is -2.04. The van der Waals surface area contributed by atoms with Crippen LogP contribution in [0.3, 0.4) is 0 Å². The molecule has 2 aromatic carbocycles. The van der Waals surface area contributed by atoms with Crippen LogP contribution >= 0.6 is 11.6 Å². The van der Waals surface area contributed by atoms with Crippen molar-refractivity contribution in [1.29, 1.82) is 0 Å². The molecule has 0 nitrogen and oxygen atoms in total. The highest BCUT2D eigenvalue weighted by atomic mass is 35.5. The Labute approximate surface area is 112 Å². The van der Waals surface area contributed by atoms with Gasteiger partial charge in [-0.05, 0) is 41.0 Å². The SMILES string of the molecule is Fc1ccc(CCl)c(-c2cccc(C(F)(F)F)c2)c1. The molecule has 0 heterocycles. The highest BCUT2D eigenvalue weighted by molar-refractivity contribution is 6.17. The minimum Gasteiger partial charge on any atom is -0.207 e. The monoisotopic (exact) mass is 288 g/mol. The molecule has 100 valence electrons. The maximum atomic E-state index is 13.2. The molecular weight excluding hydrogens is 280 g/mol. The number of benzene rings is 2. The summed E-state index contributed by atoms with van der Waals surface area (Å²) in [6, 6.07) is 8.65. The zero-order valence-corrected chi connectivity index (χ0v) is 10.4. The van der Waals surface area contributed by atoms with Crippen molar-refractivity contribution in [2.24, 2.45) is 0 Å². The molecule has 0 amide bonds. The Morgan fingerprint density at radius 1 is 1.00 bits per heavy atom. The molecule has 0 N–H and O–H groups in total. The van der Waals surface area contributed by atoms with Crippen LogP contribution in [-0.4, -0.2) is 0 Å². The van der Waals surface area contributed by atoms with Crippen LogP contribution in [0.2, 0.25) is 0 Å². The number of rotatable bonds is 2. The average molecular weight is 289 g/mol. The molecule has 0 saturated carbocycles. The normalized spacial score (nSPS) is 11.6. The highest BCUT2D eigenvalue weighted by Crippen LogP contribution is 2.33. The Hall–Kier alpha value is -1.55. The second-order valence-corrected chi connectivity index (χ2v) is 4.28. The van der Waals surface area contributed by atoms with Gasteiger partial charge in [0, 0.05) is 5.88 Å². The predicted molar refractivity (Wildman–Crippen MR) is 66.4 cm³/mol. The molecule has 0 saturated heterocycles. The van der Waals surface area contributed by atoms with Crippen molar-refractivity contribution in [2.75, 3.05) is 0 Å². The van der Waals surface area contributed by atoms with Crippen LogP contribution in [-0.2, 0) is 12.1 Å². The fourth-order valence-electron chi connectivity index (χ4n) is 1.80. The summed E-state index contributed by atoms with van der Waals surface area (Å²) in [5, 5.41) is 0. The quantitative estimate of drug-likeness (QED) is 0.523. The van der Waals surface area contributed by atoms with Gasteiger partial charge in [0.25, 0.3) is 0 Å². The third-order valence-electron chi connectivity index (χ3n) is 2.72. The molecule has 0 bridgehead atoms. The standard InChI is InChI=1S/C14H9ClF4/c15-8-10-4-5-12(16)7-13(10)9-2-1-3-11(6-9)14(17,18)19/h1-7H,8H2. The van der Waals surface area contributed by atoms with E-state index in [1.165, 1.54) is 30.3 Å². The van der Waals surface area contributed by atoms with Crippen LogP contribution in [0.25, 0.3) is 11.1 Å². The van der Waals surface area contributed by atoms with Gasteiger partial charge in [0.1, 0.15) is 5.82 Å². The summed E-state index contributed by atoms with van der Waals surface area (Å²) < 4.78 is 51.2. The molecule has 0 aliphatic heterocycles. The van der Waals surface area contributed by atoms with Crippen LogP contribution < -0.4 is 0 Å². The van der Waals surface area contributed by atoms with E-state index in [4.69, 9.17) is 11.6 Å². The van der Waals surface area contributed by atoms with Crippen molar-refractivity contribution in [1.82, 2.24) is 0 Å². The van der Waals surface area contributed by atoms with Gasteiger partial charge in [0.2, 0.25) is 0 Å². The molecule has 19 heavy (non-hydrogen) atoms. The Balaban J connectivity index is 2.56. The molecule has 0 radical (unpaired) electrons. The van der Waals surface area contributed by atoms with E-state index < -0.39 is 17.6 Å². The van der Waals surface area contributed by atoms with Crippen molar-refractivity contribution in [3.63, 3.8) is 0 Å². The Morgan fingerprint density at radius 3 is 2.37 bits per heavy atom. The van der Waals surface area contributed by atoms with E-state index in [1.54, 1.807) is 0 Å². The Bertz CT molecular complexity index is 590. The summed E-state index contributed by atoms with van der Waals surface area (Å²) in [6.45, 7) is 0. The van der Waals surface area contributed by atoms with Crippen molar-refractivity contribution in [3.8, 4) is 11.1 Å². The smallest absolute Gasteiger partial charge is 0.207 e. The van der Waals surface area contributed by atoms with Crippen molar-refractivity contribution in [2.45, 2.75) is 12.1 Å². The molecule has 0 fully saturated rings. The zero-order chi connectivity index (χ0) is 14.0. The first-order valence-corrected chi connectivity index (χ1v) is 5.97. The van der Waals surface area contributed by atoms with Crippen LogP contribution in [0.1, 0.15) is 11.1 Å². The molecule has 0 aliphatic carbocycles. The molecule has 0 aromatic heterocycles. The summed E-state index contributed by atoms with van der Waals surface area (Å²) in [5.74, 6) is -0.410. The largest absolute Gasteiger partial charge is 0.416 e. The van der Waals surface area contributed by atoms with Gasteiger partial charge in [-0.25, -0.2) is 4.39 Å². The van der Waals surface area contributed by atoms with E-state index in [9.17, 15) is 17.6 Å². The summed E-state index contributed by atoms with van der Waals surface area (Å²) in [5.41, 5.74) is 0.489. The molecule has 0 unspecified atom stereocenters. The first kappa shape index (κ1) is 13.9. The van der Waals surface area contributed by atoms with Gasteiger partial charge < -0.3 is 0 Å². The lowest BCUT2D eigenvalue weighted by atomic mass is 9.98. The fourth-order valence-corrected chi connectivity index (χ4v) is 2.03. The minimum absolute atomic E-state index is 0.103. The fraction of sp³-hybridized carbons (Fsp3) is 0.143. The van der Waals surface area contributed by atoms with E-state index in [2.05, 4.69) is 0 Å². The summed E-state index contributed by atoms with van der Waals surface area (Å²) in [6.07, 6.45) is -4.43. The van der Waals surface area contributed by atoms with Gasteiger partial charge in [0.05, 0.1) is 5.56 Å². The van der Waals surface area contributed by atoms with Crippen molar-refractivity contribution >= 4 is 11.6 Å². The Morgan fingerprint density at radius 2 is 1.74 bits per heavy atom. The molecule has 0 spiro atoms. The van der Waals surface area contributed by atoms with E-state index in [0.717, 1.165) is 12.1 Å². The van der Waals surface area contributed by atoms with E-state index in [1.807, 2.05) is 0 Å². The first-order valence-electron chi connectivity index (χ1n) is 5.44. The van der Waals surface area contributed by atoms with Crippen LogP contribution in [0.15, 0.2) is 42.5 Å². The van der Waals surface area contributed by atoms with Crippen molar-refractivity contribution in [3.05, 3.63) is 59.4 Å². The van der Waals surface area contributed by atoms with Gasteiger partial charge in [0.15, 0.2) is 0 Å². The number of halogens is 5. The maximum absolute atomic E-state index is 13.2. The average Bonchev–Trinajstić information content (AvgIpc) is 2.38. The molecule has 2 aromatic rings. The maximum Gasteiger partial charge on any atom is 0.416 e. The summed E-state index contributed by atoms with van der Waals surface area (Å²) in [4.78, 5) is 0. The van der Waals surface area contributed by atoms with Crippen LogP contribution in [0.5, 0.6) is 0 Å². The minimum atomic E-state index is -4.43. The third-order valence-corrected chi connectivity index (χ3v) is 3.00. The predicted octanol–water partition coefficient (Wildman–Crippen LogP) is 5.25. The Kier molecular flexibility index (Phi) is 3.80. The van der Waals surface area contributed by atoms with E-state index in [0.29, 0.717) is 16.7 Å². The zero-order valence-electron chi connectivity index (χ0n) is 9.64. The molecule has 5 heteroatoms. The highest BCUT2D eigenvalue weighted by Gasteiger charge is 2.30. The van der Waals surface area contributed by atoms with Gasteiger partial charge in [-0.3, -0.25) is 0 Å². The van der Waals surface area contributed by atoms with Crippen LogP contribution in [0.4, 0.5) is 17.6 Å². The molecule has 2 rings (SSSR count). The summed E-state index contributed by atoms with van der Waals surface area (Å²) in [7, 11) is 0. The van der Waals surface area contributed by atoms with E-state index in [-0.39, 0.29) is 5.88 Å². The molecule has 0 aliphatic rings. The summed E-state index contributed by atoms with van der Waals surface area (Å²) >= 11 is 5.72. The number of alkyl halides is 4. The number of hydrogen-bond acceptors (Lipinski definition) is 0. The molecule has 0 atom stereocenters. The van der Waals surface area contributed by atoms with Crippen molar-refractivity contribution < 1.29 is 17.6 Å².